The van der Waals surface area contributed by atoms with Crippen molar-refractivity contribution in [3.8, 4) is 11.5 Å². The highest BCUT2D eigenvalue weighted by molar-refractivity contribution is 9.10. The summed E-state index contributed by atoms with van der Waals surface area (Å²) >= 11 is 3.52. The van der Waals surface area contributed by atoms with Gasteiger partial charge in [-0.1, -0.05) is 58.4 Å². The summed E-state index contributed by atoms with van der Waals surface area (Å²) < 4.78 is 13.3. The fraction of sp³-hybridized carbons (Fsp3) is 0.346. The molecule has 33 heavy (non-hydrogen) atoms. The maximum atomic E-state index is 12.6. The largest absolute Gasteiger partial charge is 0.495 e. The lowest BCUT2D eigenvalue weighted by molar-refractivity contribution is -0.152. The van der Waals surface area contributed by atoms with Gasteiger partial charge in [0.1, 0.15) is 11.5 Å². The van der Waals surface area contributed by atoms with Crippen LogP contribution >= 0.6 is 15.9 Å². The molecule has 1 saturated carbocycles. The third kappa shape index (κ3) is 3.06. The zero-order chi connectivity index (χ0) is 23.4. The summed E-state index contributed by atoms with van der Waals surface area (Å²) in [6.45, 7) is 0.563. The molecule has 2 aromatic carbocycles. The molecule has 5 atom stereocenters. The Morgan fingerprint density at radius 2 is 1.79 bits per heavy atom. The number of halogens is 1. The number of nitrogens with zero attached hydrogens (tertiary/aromatic N) is 2. The van der Waals surface area contributed by atoms with Gasteiger partial charge < -0.3 is 24.6 Å². The van der Waals surface area contributed by atoms with E-state index in [1.165, 1.54) is 7.11 Å². The van der Waals surface area contributed by atoms with Crippen molar-refractivity contribution in [1.29, 1.82) is 0 Å². The molecule has 1 aromatic heterocycles. The number of aromatic nitrogens is 1. The predicted octanol–water partition coefficient (Wildman–Crippen LogP) is 3.66. The van der Waals surface area contributed by atoms with Crippen molar-refractivity contribution in [2.24, 2.45) is 5.92 Å². The number of methoxy groups -OCH3 is 1. The van der Waals surface area contributed by atoms with E-state index in [0.29, 0.717) is 23.6 Å². The van der Waals surface area contributed by atoms with E-state index in [1.807, 2.05) is 73.6 Å². The van der Waals surface area contributed by atoms with Crippen LogP contribution in [0.25, 0.3) is 0 Å². The molecule has 0 saturated heterocycles. The number of pyridine rings is 1. The van der Waals surface area contributed by atoms with Gasteiger partial charge in [0.05, 0.1) is 31.2 Å². The number of hydrogen-bond donors (Lipinski definition) is 2. The van der Waals surface area contributed by atoms with E-state index in [-0.39, 0.29) is 11.8 Å². The molecule has 2 heterocycles. The number of rotatable bonds is 5. The van der Waals surface area contributed by atoms with Crippen LogP contribution in [0.4, 0.5) is 0 Å². The molecule has 1 fully saturated rings. The highest BCUT2D eigenvalue weighted by Gasteiger charge is 2.76. The molecule has 5 unspecified atom stereocenters. The summed E-state index contributed by atoms with van der Waals surface area (Å²) in [5.41, 5.74) is -0.834. The molecule has 172 valence electrons. The first-order valence-corrected chi connectivity index (χ1v) is 11.7. The zero-order valence-corrected chi connectivity index (χ0v) is 20.4. The van der Waals surface area contributed by atoms with Crippen LogP contribution in [0.15, 0.2) is 71.5 Å². The zero-order valence-electron chi connectivity index (χ0n) is 18.8. The molecule has 1 aliphatic carbocycles. The number of ether oxygens (including phenoxy) is 2. The molecule has 0 spiro atoms. The van der Waals surface area contributed by atoms with Crippen LogP contribution in [0, 0.1) is 5.92 Å². The molecule has 1 aliphatic heterocycles. The smallest absolute Gasteiger partial charge is 0.177 e. The van der Waals surface area contributed by atoms with Crippen molar-refractivity contribution in [1.82, 2.24) is 9.88 Å². The number of hydrogen-bond acceptors (Lipinski definition) is 6. The maximum Gasteiger partial charge on any atom is 0.177 e. The Morgan fingerprint density at radius 1 is 1.09 bits per heavy atom. The predicted molar refractivity (Wildman–Crippen MR) is 128 cm³/mol. The average molecular weight is 511 g/mol. The average Bonchev–Trinajstić information content (AvgIpc) is 3.18. The SMILES string of the molecule is COc1cncc2c1C1(O)C(O)C(CN(C)C)C(c3ccccc3)C1(c1ccc(Br)cc1)O2. The fourth-order valence-corrected chi connectivity index (χ4v) is 6.12. The number of benzene rings is 2. The summed E-state index contributed by atoms with van der Waals surface area (Å²) in [6, 6.07) is 17.7. The summed E-state index contributed by atoms with van der Waals surface area (Å²) in [4.78, 5) is 6.29. The Hall–Kier alpha value is -2.45. The van der Waals surface area contributed by atoms with Gasteiger partial charge in [-0.25, -0.2) is 0 Å². The van der Waals surface area contributed by atoms with Crippen molar-refractivity contribution in [2.45, 2.75) is 23.2 Å². The molecule has 6 nitrogen and oxygen atoms in total. The van der Waals surface area contributed by atoms with Gasteiger partial charge in [0.15, 0.2) is 11.2 Å². The summed E-state index contributed by atoms with van der Waals surface area (Å²) in [6.07, 6.45) is 2.03. The second-order valence-corrected chi connectivity index (χ2v) is 10.0. The van der Waals surface area contributed by atoms with Gasteiger partial charge in [-0.2, -0.15) is 0 Å². The second kappa shape index (κ2) is 8.09. The first-order chi connectivity index (χ1) is 15.8. The first-order valence-electron chi connectivity index (χ1n) is 10.9. The molecule has 2 aliphatic rings. The summed E-state index contributed by atoms with van der Waals surface area (Å²) in [5.74, 6) is 0.148. The van der Waals surface area contributed by atoms with E-state index >= 15 is 0 Å². The van der Waals surface area contributed by atoms with Gasteiger partial charge in [-0.3, -0.25) is 4.98 Å². The second-order valence-electron chi connectivity index (χ2n) is 9.09. The minimum atomic E-state index is -1.76. The maximum absolute atomic E-state index is 12.6. The van der Waals surface area contributed by atoms with Crippen molar-refractivity contribution in [3.63, 3.8) is 0 Å². The fourth-order valence-electron chi connectivity index (χ4n) is 5.85. The van der Waals surface area contributed by atoms with Crippen LogP contribution in [-0.2, 0) is 11.2 Å². The topological polar surface area (TPSA) is 75.0 Å². The van der Waals surface area contributed by atoms with Gasteiger partial charge in [0, 0.05) is 22.9 Å². The van der Waals surface area contributed by atoms with Gasteiger partial charge in [0.2, 0.25) is 0 Å². The summed E-state index contributed by atoms with van der Waals surface area (Å²) in [7, 11) is 5.48. The lowest BCUT2D eigenvalue weighted by Gasteiger charge is -2.41. The van der Waals surface area contributed by atoms with E-state index in [1.54, 1.807) is 12.4 Å². The molecular weight excluding hydrogens is 484 g/mol. The number of aliphatic hydroxyl groups excluding tert-OH is 1. The molecule has 0 radical (unpaired) electrons. The van der Waals surface area contributed by atoms with Crippen molar-refractivity contribution in [2.75, 3.05) is 27.7 Å². The highest BCUT2D eigenvalue weighted by atomic mass is 79.9. The monoisotopic (exact) mass is 510 g/mol. The molecule has 7 heteroatoms. The molecule has 3 aromatic rings. The van der Waals surface area contributed by atoms with Crippen LogP contribution in [0.5, 0.6) is 11.5 Å². The van der Waals surface area contributed by atoms with Gasteiger partial charge in [-0.15, -0.1) is 0 Å². The molecule has 5 rings (SSSR count). The first kappa shape index (κ1) is 22.3. The van der Waals surface area contributed by atoms with Crippen LogP contribution < -0.4 is 9.47 Å². The standard InChI is InChI=1S/C26H27BrN2O4/c1-29(2)15-19-22(16-7-5-4-6-8-16)26(17-9-11-18(27)12-10-17)25(31,24(19)30)23-20(32-3)13-28-14-21(23)33-26/h4-14,19,22,24,30-31H,15H2,1-3H3. The van der Waals surface area contributed by atoms with Crippen molar-refractivity contribution >= 4 is 15.9 Å². The molecule has 2 N–H and O–H groups in total. The van der Waals surface area contributed by atoms with Crippen molar-refractivity contribution < 1.29 is 19.7 Å². The highest BCUT2D eigenvalue weighted by Crippen LogP contribution is 2.69. The minimum absolute atomic E-state index is 0.318. The molecule has 0 amide bonds. The van der Waals surface area contributed by atoms with Crippen molar-refractivity contribution in [3.05, 3.63) is 88.2 Å². The Morgan fingerprint density at radius 3 is 2.42 bits per heavy atom. The van der Waals surface area contributed by atoms with Gasteiger partial charge >= 0.3 is 0 Å². The minimum Gasteiger partial charge on any atom is -0.495 e. The Labute approximate surface area is 201 Å². The van der Waals surface area contributed by atoms with Crippen LogP contribution in [0.2, 0.25) is 0 Å². The van der Waals surface area contributed by atoms with E-state index in [4.69, 9.17) is 9.47 Å². The normalized spacial score (nSPS) is 30.1. The third-order valence-corrected chi connectivity index (χ3v) is 7.55. The van der Waals surface area contributed by atoms with Crippen LogP contribution in [0.3, 0.4) is 0 Å². The Bertz CT molecular complexity index is 1160. The molecule has 0 bridgehead atoms. The van der Waals surface area contributed by atoms with E-state index in [2.05, 4.69) is 20.9 Å². The van der Waals surface area contributed by atoms with E-state index < -0.39 is 17.3 Å². The van der Waals surface area contributed by atoms with Crippen LogP contribution in [-0.4, -0.2) is 54.0 Å². The lowest BCUT2D eigenvalue weighted by Crippen LogP contribution is -2.52. The quantitative estimate of drug-likeness (QED) is 0.545. The van der Waals surface area contributed by atoms with Gasteiger partial charge in [-0.05, 0) is 37.4 Å². The molecular formula is C26H27BrN2O4. The van der Waals surface area contributed by atoms with Gasteiger partial charge in [0.25, 0.3) is 0 Å². The Balaban J connectivity index is 1.86. The number of aliphatic hydroxyl groups is 2. The summed E-state index contributed by atoms with van der Waals surface area (Å²) in [5, 5.41) is 24.5. The van der Waals surface area contributed by atoms with E-state index in [0.717, 1.165) is 15.6 Å². The number of fused-ring (bicyclic) bond motifs is 3. The van der Waals surface area contributed by atoms with Crippen LogP contribution in [0.1, 0.15) is 22.6 Å². The Kier molecular flexibility index (Phi) is 5.48. The van der Waals surface area contributed by atoms with E-state index in [9.17, 15) is 10.2 Å². The third-order valence-electron chi connectivity index (χ3n) is 7.02. The lowest BCUT2D eigenvalue weighted by atomic mass is 9.70.